The van der Waals surface area contributed by atoms with Gasteiger partial charge in [0.15, 0.2) is 0 Å². The van der Waals surface area contributed by atoms with Gasteiger partial charge in [-0.15, -0.1) is 0 Å². The van der Waals surface area contributed by atoms with Gasteiger partial charge >= 0.3 is 0 Å². The first-order chi connectivity index (χ1) is 10.0. The van der Waals surface area contributed by atoms with Gasteiger partial charge < -0.3 is 0 Å². The first kappa shape index (κ1) is 15.4. The predicted octanol–water partition coefficient (Wildman–Crippen LogP) is 5.17. The summed E-state index contributed by atoms with van der Waals surface area (Å²) in [4.78, 5) is 0. The second-order valence-electron chi connectivity index (χ2n) is 5.64. The highest BCUT2D eigenvalue weighted by molar-refractivity contribution is 6.10. The molecule has 110 valence electrons. The van der Waals surface area contributed by atoms with E-state index in [1.807, 2.05) is 20.8 Å². The molecular formula is C19H24N2. The Morgan fingerprint density at radius 2 is 1.57 bits per heavy atom. The van der Waals surface area contributed by atoms with Crippen molar-refractivity contribution in [3.05, 3.63) is 47.0 Å². The highest BCUT2D eigenvalue weighted by atomic mass is 15.2. The van der Waals surface area contributed by atoms with Crippen LogP contribution in [-0.2, 0) is 12.8 Å². The van der Waals surface area contributed by atoms with Gasteiger partial charge in [0.2, 0.25) is 0 Å². The van der Waals surface area contributed by atoms with E-state index in [9.17, 15) is 0 Å². The Bertz CT molecular complexity index is 705. The zero-order valence-electron chi connectivity index (χ0n) is 13.7. The Morgan fingerprint density at radius 3 is 2.19 bits per heavy atom. The summed E-state index contributed by atoms with van der Waals surface area (Å²) in [6.45, 7) is 10.3. The van der Waals surface area contributed by atoms with Gasteiger partial charge in [-0.05, 0) is 61.6 Å². The Hall–Kier alpha value is -1.96. The second-order valence-corrected chi connectivity index (χ2v) is 5.64. The molecule has 2 rings (SSSR count). The highest BCUT2D eigenvalue weighted by Crippen LogP contribution is 2.24. The number of fused-ring (bicyclic) bond motifs is 1. The first-order valence-electron chi connectivity index (χ1n) is 7.66. The summed E-state index contributed by atoms with van der Waals surface area (Å²) in [7, 11) is 0. The van der Waals surface area contributed by atoms with Crippen LogP contribution in [0.3, 0.4) is 0 Å². The summed E-state index contributed by atoms with van der Waals surface area (Å²) in [5.74, 6) is 0. The second kappa shape index (κ2) is 6.66. The molecule has 0 aliphatic heterocycles. The zero-order chi connectivity index (χ0) is 15.4. The van der Waals surface area contributed by atoms with Crippen LogP contribution in [0.2, 0.25) is 0 Å². The summed E-state index contributed by atoms with van der Waals surface area (Å²) < 4.78 is 0. The molecule has 2 nitrogen and oxygen atoms in total. The summed E-state index contributed by atoms with van der Waals surface area (Å²) in [5.41, 5.74) is 5.85. The Morgan fingerprint density at radius 1 is 0.857 bits per heavy atom. The van der Waals surface area contributed by atoms with Crippen molar-refractivity contribution in [2.24, 2.45) is 10.2 Å². The van der Waals surface area contributed by atoms with Crippen LogP contribution >= 0.6 is 0 Å². The minimum Gasteiger partial charge on any atom is -0.160 e. The molecule has 0 bridgehead atoms. The van der Waals surface area contributed by atoms with Gasteiger partial charge in [0.1, 0.15) is 0 Å². The molecule has 0 aliphatic carbocycles. The quantitative estimate of drug-likeness (QED) is 0.545. The predicted molar refractivity (Wildman–Crippen MR) is 93.7 cm³/mol. The summed E-state index contributed by atoms with van der Waals surface area (Å²) in [6, 6.07) is 11.2. The van der Waals surface area contributed by atoms with Crippen molar-refractivity contribution in [3.8, 4) is 0 Å². The lowest BCUT2D eigenvalue weighted by Crippen LogP contribution is -1.99. The van der Waals surface area contributed by atoms with E-state index in [2.05, 4.69) is 54.4 Å². The molecular weight excluding hydrogens is 256 g/mol. The smallest absolute Gasteiger partial charge is 0.0678 e. The molecule has 0 atom stereocenters. The van der Waals surface area contributed by atoms with Crippen molar-refractivity contribution in [2.45, 2.75) is 47.5 Å². The standard InChI is InChI=1S/C19H24N2/c1-6-15-8-9-17-10-16(7-2)12-18(19(17)11-15)14(5)21-20-13(3)4/h8-12H,6-7H2,1-5H3/b21-14+. The molecule has 2 aromatic carbocycles. The molecule has 0 spiro atoms. The van der Waals surface area contributed by atoms with Gasteiger partial charge in [-0.25, -0.2) is 0 Å². The fourth-order valence-electron chi connectivity index (χ4n) is 2.42. The van der Waals surface area contributed by atoms with E-state index < -0.39 is 0 Å². The molecule has 0 unspecified atom stereocenters. The number of benzene rings is 2. The molecule has 0 aliphatic rings. The van der Waals surface area contributed by atoms with Crippen molar-refractivity contribution < 1.29 is 0 Å². The average molecular weight is 280 g/mol. The molecule has 0 aromatic heterocycles. The number of hydrogen-bond donors (Lipinski definition) is 0. The molecule has 21 heavy (non-hydrogen) atoms. The number of rotatable bonds is 4. The molecule has 2 aromatic rings. The molecule has 0 fully saturated rings. The van der Waals surface area contributed by atoms with Crippen LogP contribution in [0.15, 0.2) is 40.5 Å². The van der Waals surface area contributed by atoms with E-state index in [0.717, 1.165) is 24.3 Å². The van der Waals surface area contributed by atoms with Gasteiger partial charge in [-0.1, -0.05) is 38.1 Å². The third-order valence-corrected chi connectivity index (χ3v) is 3.68. The summed E-state index contributed by atoms with van der Waals surface area (Å²) in [6.07, 6.45) is 2.08. The molecule has 0 N–H and O–H groups in total. The summed E-state index contributed by atoms with van der Waals surface area (Å²) in [5, 5.41) is 11.2. The zero-order valence-corrected chi connectivity index (χ0v) is 13.7. The lowest BCUT2D eigenvalue weighted by Gasteiger charge is -2.10. The number of hydrogen-bond acceptors (Lipinski definition) is 2. The largest absolute Gasteiger partial charge is 0.160 e. The Labute approximate surface area is 127 Å². The fraction of sp³-hybridized carbons (Fsp3) is 0.368. The van der Waals surface area contributed by atoms with Gasteiger partial charge in [0.05, 0.1) is 5.71 Å². The van der Waals surface area contributed by atoms with Crippen LogP contribution < -0.4 is 0 Å². The van der Waals surface area contributed by atoms with E-state index >= 15 is 0 Å². The minimum atomic E-state index is 0.972. The van der Waals surface area contributed by atoms with E-state index in [-0.39, 0.29) is 0 Å². The van der Waals surface area contributed by atoms with E-state index in [0.29, 0.717) is 0 Å². The van der Waals surface area contributed by atoms with Crippen molar-refractivity contribution in [1.82, 2.24) is 0 Å². The Kier molecular flexibility index (Phi) is 4.89. The van der Waals surface area contributed by atoms with E-state index in [1.54, 1.807) is 0 Å². The molecule has 0 amide bonds. The lowest BCUT2D eigenvalue weighted by atomic mass is 9.95. The van der Waals surface area contributed by atoms with Crippen LogP contribution in [0.5, 0.6) is 0 Å². The number of aryl methyl sites for hydroxylation is 2. The number of nitrogens with zero attached hydrogens (tertiary/aromatic N) is 2. The summed E-state index contributed by atoms with van der Waals surface area (Å²) >= 11 is 0. The van der Waals surface area contributed by atoms with Crippen LogP contribution in [-0.4, -0.2) is 11.4 Å². The first-order valence-corrected chi connectivity index (χ1v) is 7.66. The molecule has 0 saturated heterocycles. The third-order valence-electron chi connectivity index (χ3n) is 3.68. The van der Waals surface area contributed by atoms with Crippen molar-refractivity contribution >= 4 is 22.2 Å². The SMILES string of the molecule is CCc1cc(/C(C)=N/N=C(C)C)c2cc(CC)ccc2c1. The molecule has 0 heterocycles. The highest BCUT2D eigenvalue weighted by Gasteiger charge is 2.07. The van der Waals surface area contributed by atoms with Crippen LogP contribution in [0.4, 0.5) is 0 Å². The van der Waals surface area contributed by atoms with Gasteiger partial charge in [0, 0.05) is 11.3 Å². The van der Waals surface area contributed by atoms with Crippen molar-refractivity contribution in [1.29, 1.82) is 0 Å². The lowest BCUT2D eigenvalue weighted by molar-refractivity contribution is 1.13. The molecule has 0 radical (unpaired) electrons. The fourth-order valence-corrected chi connectivity index (χ4v) is 2.42. The molecule has 2 heteroatoms. The normalized spacial score (nSPS) is 11.8. The maximum Gasteiger partial charge on any atom is 0.0678 e. The average Bonchev–Trinajstić information content (AvgIpc) is 2.50. The maximum absolute atomic E-state index is 4.38. The van der Waals surface area contributed by atoms with E-state index in [4.69, 9.17) is 0 Å². The maximum atomic E-state index is 4.38. The minimum absolute atomic E-state index is 0.972. The Balaban J connectivity index is 2.68. The third kappa shape index (κ3) is 3.57. The van der Waals surface area contributed by atoms with Crippen molar-refractivity contribution in [2.75, 3.05) is 0 Å². The van der Waals surface area contributed by atoms with Crippen LogP contribution in [0.25, 0.3) is 10.8 Å². The van der Waals surface area contributed by atoms with Gasteiger partial charge in [-0.3, -0.25) is 0 Å². The molecule has 0 saturated carbocycles. The van der Waals surface area contributed by atoms with E-state index in [1.165, 1.54) is 27.5 Å². The monoisotopic (exact) mass is 280 g/mol. The van der Waals surface area contributed by atoms with Crippen molar-refractivity contribution in [3.63, 3.8) is 0 Å². The van der Waals surface area contributed by atoms with Gasteiger partial charge in [-0.2, -0.15) is 10.2 Å². The topological polar surface area (TPSA) is 24.7 Å². The van der Waals surface area contributed by atoms with Crippen LogP contribution in [0, 0.1) is 0 Å². The van der Waals surface area contributed by atoms with Gasteiger partial charge in [0.25, 0.3) is 0 Å². The van der Waals surface area contributed by atoms with Crippen LogP contribution in [0.1, 0.15) is 51.3 Å².